The standard InChI is InChI=1S/C24H29N3O4/c1-4-6-22(28)26-19-8-5-7-17(12-19)14-25-24(30)18-13-23(29)27(15-18)20-11-16(2)9-10-21(20)31-3/h5,7-12,18H,4,6,13-15H2,1-3H3,(H,25,30)(H,26,28). The molecule has 164 valence electrons. The Morgan fingerprint density at radius 3 is 2.74 bits per heavy atom. The predicted octanol–water partition coefficient (Wildman–Crippen LogP) is 3.41. The second-order valence-electron chi connectivity index (χ2n) is 7.80. The summed E-state index contributed by atoms with van der Waals surface area (Å²) in [6.45, 7) is 4.55. The molecule has 7 nitrogen and oxygen atoms in total. The van der Waals surface area contributed by atoms with Crippen LogP contribution in [0.15, 0.2) is 42.5 Å². The van der Waals surface area contributed by atoms with Crippen molar-refractivity contribution in [1.29, 1.82) is 0 Å². The number of carbonyl (C=O) groups is 3. The fourth-order valence-corrected chi connectivity index (χ4v) is 3.67. The number of hydrogen-bond acceptors (Lipinski definition) is 4. The summed E-state index contributed by atoms with van der Waals surface area (Å²) < 4.78 is 5.39. The minimum atomic E-state index is -0.426. The van der Waals surface area contributed by atoms with E-state index in [1.807, 2.05) is 56.3 Å². The molecule has 0 radical (unpaired) electrons. The minimum Gasteiger partial charge on any atom is -0.495 e. The third-order valence-corrected chi connectivity index (χ3v) is 5.28. The molecule has 0 spiro atoms. The fraction of sp³-hybridized carbons (Fsp3) is 0.375. The highest BCUT2D eigenvalue weighted by Crippen LogP contribution is 2.34. The molecule has 0 bridgehead atoms. The lowest BCUT2D eigenvalue weighted by Crippen LogP contribution is -2.32. The van der Waals surface area contributed by atoms with Gasteiger partial charge >= 0.3 is 0 Å². The van der Waals surface area contributed by atoms with Gasteiger partial charge in [-0.05, 0) is 48.7 Å². The third-order valence-electron chi connectivity index (χ3n) is 5.28. The molecule has 1 fully saturated rings. The smallest absolute Gasteiger partial charge is 0.227 e. The summed E-state index contributed by atoms with van der Waals surface area (Å²) in [6.07, 6.45) is 1.42. The van der Waals surface area contributed by atoms with Gasteiger partial charge < -0.3 is 20.3 Å². The van der Waals surface area contributed by atoms with Crippen molar-refractivity contribution in [2.45, 2.75) is 39.7 Å². The van der Waals surface area contributed by atoms with Gasteiger partial charge in [0.05, 0.1) is 18.7 Å². The van der Waals surface area contributed by atoms with Crippen LogP contribution >= 0.6 is 0 Å². The Bertz CT molecular complexity index is 973. The highest BCUT2D eigenvalue weighted by atomic mass is 16.5. The van der Waals surface area contributed by atoms with E-state index in [0.29, 0.717) is 36.6 Å². The Hall–Kier alpha value is -3.35. The molecule has 0 saturated carbocycles. The van der Waals surface area contributed by atoms with Crippen molar-refractivity contribution in [2.24, 2.45) is 5.92 Å². The van der Waals surface area contributed by atoms with Crippen molar-refractivity contribution >= 4 is 29.1 Å². The molecule has 1 atom stereocenters. The molecule has 3 rings (SSSR count). The topological polar surface area (TPSA) is 87.7 Å². The maximum atomic E-state index is 12.7. The van der Waals surface area contributed by atoms with Crippen LogP contribution in [-0.2, 0) is 20.9 Å². The van der Waals surface area contributed by atoms with Gasteiger partial charge in [-0.25, -0.2) is 0 Å². The van der Waals surface area contributed by atoms with Gasteiger partial charge in [0.1, 0.15) is 5.75 Å². The number of nitrogens with zero attached hydrogens (tertiary/aromatic N) is 1. The van der Waals surface area contributed by atoms with Crippen LogP contribution in [-0.4, -0.2) is 31.4 Å². The zero-order valence-corrected chi connectivity index (χ0v) is 18.2. The van der Waals surface area contributed by atoms with Gasteiger partial charge in [-0.1, -0.05) is 25.1 Å². The Morgan fingerprint density at radius 2 is 2.00 bits per heavy atom. The number of aryl methyl sites for hydroxylation is 1. The Morgan fingerprint density at radius 1 is 1.19 bits per heavy atom. The van der Waals surface area contributed by atoms with E-state index in [9.17, 15) is 14.4 Å². The lowest BCUT2D eigenvalue weighted by Gasteiger charge is -2.20. The first-order valence-corrected chi connectivity index (χ1v) is 10.5. The van der Waals surface area contributed by atoms with Gasteiger partial charge in [-0.3, -0.25) is 14.4 Å². The minimum absolute atomic E-state index is 0.0279. The summed E-state index contributed by atoms with van der Waals surface area (Å²) in [5, 5.41) is 5.77. The van der Waals surface area contributed by atoms with Gasteiger partial charge in [0.2, 0.25) is 17.7 Å². The first-order valence-electron chi connectivity index (χ1n) is 10.5. The maximum absolute atomic E-state index is 12.7. The monoisotopic (exact) mass is 423 g/mol. The van der Waals surface area contributed by atoms with Crippen molar-refractivity contribution in [3.63, 3.8) is 0 Å². The Labute approximate surface area is 182 Å². The average molecular weight is 424 g/mol. The second-order valence-corrected chi connectivity index (χ2v) is 7.80. The summed E-state index contributed by atoms with van der Waals surface area (Å²) >= 11 is 0. The fourth-order valence-electron chi connectivity index (χ4n) is 3.67. The summed E-state index contributed by atoms with van der Waals surface area (Å²) in [7, 11) is 1.57. The van der Waals surface area contributed by atoms with E-state index < -0.39 is 5.92 Å². The molecule has 2 aromatic carbocycles. The van der Waals surface area contributed by atoms with E-state index in [-0.39, 0.29) is 24.1 Å². The van der Waals surface area contributed by atoms with Crippen molar-refractivity contribution in [2.75, 3.05) is 23.9 Å². The van der Waals surface area contributed by atoms with Crippen LogP contribution in [0.5, 0.6) is 5.75 Å². The normalized spacial score (nSPS) is 15.6. The number of nitrogens with one attached hydrogen (secondary N) is 2. The SMILES string of the molecule is CCCC(=O)Nc1cccc(CNC(=O)C2CC(=O)N(c3cc(C)ccc3OC)C2)c1. The Balaban J connectivity index is 1.60. The van der Waals surface area contributed by atoms with E-state index in [2.05, 4.69) is 10.6 Å². The zero-order valence-electron chi connectivity index (χ0n) is 18.2. The summed E-state index contributed by atoms with van der Waals surface area (Å²) in [5.74, 6) is -0.0977. The quantitative estimate of drug-likeness (QED) is 0.681. The lowest BCUT2D eigenvalue weighted by atomic mass is 10.1. The van der Waals surface area contributed by atoms with E-state index >= 15 is 0 Å². The summed E-state index contributed by atoms with van der Waals surface area (Å²) in [4.78, 5) is 38.7. The molecular formula is C24H29N3O4. The molecule has 1 unspecified atom stereocenters. The van der Waals surface area contributed by atoms with E-state index in [1.165, 1.54) is 0 Å². The Kier molecular flexibility index (Phi) is 7.28. The number of rotatable bonds is 8. The van der Waals surface area contributed by atoms with Crippen LogP contribution in [0, 0.1) is 12.8 Å². The first-order chi connectivity index (χ1) is 14.9. The number of ether oxygens (including phenoxy) is 1. The van der Waals surface area contributed by atoms with Crippen LogP contribution in [0.4, 0.5) is 11.4 Å². The molecular weight excluding hydrogens is 394 g/mol. The van der Waals surface area contributed by atoms with Crippen molar-refractivity contribution < 1.29 is 19.1 Å². The summed E-state index contributed by atoms with van der Waals surface area (Å²) in [5.41, 5.74) is 3.30. The maximum Gasteiger partial charge on any atom is 0.227 e. The van der Waals surface area contributed by atoms with Crippen LogP contribution in [0.1, 0.15) is 37.3 Å². The molecule has 2 N–H and O–H groups in total. The van der Waals surface area contributed by atoms with E-state index in [0.717, 1.165) is 17.5 Å². The molecule has 0 aliphatic carbocycles. The first kappa shape index (κ1) is 22.3. The zero-order chi connectivity index (χ0) is 22.4. The number of methoxy groups -OCH3 is 1. The number of hydrogen-bond donors (Lipinski definition) is 2. The second kappa shape index (κ2) is 10.1. The number of benzene rings is 2. The van der Waals surface area contributed by atoms with Gasteiger partial charge in [-0.2, -0.15) is 0 Å². The van der Waals surface area contributed by atoms with Crippen LogP contribution < -0.4 is 20.3 Å². The van der Waals surface area contributed by atoms with Gasteiger partial charge in [0.25, 0.3) is 0 Å². The van der Waals surface area contributed by atoms with Crippen molar-refractivity contribution in [3.05, 3.63) is 53.6 Å². The van der Waals surface area contributed by atoms with Gasteiger partial charge in [0.15, 0.2) is 0 Å². The highest BCUT2D eigenvalue weighted by Gasteiger charge is 2.36. The van der Waals surface area contributed by atoms with Gasteiger partial charge in [-0.15, -0.1) is 0 Å². The molecule has 1 aliphatic rings. The predicted molar refractivity (Wildman–Crippen MR) is 120 cm³/mol. The molecule has 3 amide bonds. The van der Waals surface area contributed by atoms with Crippen LogP contribution in [0.25, 0.3) is 0 Å². The third kappa shape index (κ3) is 5.63. The molecule has 31 heavy (non-hydrogen) atoms. The summed E-state index contributed by atoms with van der Waals surface area (Å²) in [6, 6.07) is 13.0. The molecule has 0 aromatic heterocycles. The molecule has 1 aliphatic heterocycles. The van der Waals surface area contributed by atoms with Crippen molar-refractivity contribution in [3.8, 4) is 5.75 Å². The largest absolute Gasteiger partial charge is 0.495 e. The van der Waals surface area contributed by atoms with Gasteiger partial charge in [0, 0.05) is 31.6 Å². The van der Waals surface area contributed by atoms with Crippen LogP contribution in [0.3, 0.4) is 0 Å². The molecule has 1 heterocycles. The number of anilines is 2. The molecule has 7 heteroatoms. The average Bonchev–Trinajstić information content (AvgIpc) is 3.14. The molecule has 1 saturated heterocycles. The molecule has 2 aromatic rings. The lowest BCUT2D eigenvalue weighted by molar-refractivity contribution is -0.126. The van der Waals surface area contributed by atoms with Crippen LogP contribution in [0.2, 0.25) is 0 Å². The highest BCUT2D eigenvalue weighted by molar-refractivity contribution is 6.01. The van der Waals surface area contributed by atoms with Crippen molar-refractivity contribution in [1.82, 2.24) is 5.32 Å². The number of amides is 3. The van der Waals surface area contributed by atoms with E-state index in [4.69, 9.17) is 4.74 Å². The number of carbonyl (C=O) groups excluding carboxylic acids is 3. The van der Waals surface area contributed by atoms with E-state index in [1.54, 1.807) is 12.0 Å².